The van der Waals surface area contributed by atoms with E-state index < -0.39 is 9.84 Å². The number of fused-ring (bicyclic) bond motifs is 1. The first kappa shape index (κ1) is 14.9. The number of ether oxygens (including phenoxy) is 3. The molecule has 2 heterocycles. The van der Waals surface area contributed by atoms with E-state index in [-0.39, 0.29) is 17.6 Å². The highest BCUT2D eigenvalue weighted by atomic mass is 35.5. The molecule has 116 valence electrons. The van der Waals surface area contributed by atoms with Crippen LogP contribution in [0.5, 0.6) is 11.5 Å². The average molecular weight is 333 g/mol. The fourth-order valence-corrected chi connectivity index (χ4v) is 4.53. The zero-order chi connectivity index (χ0) is 14.9. The van der Waals surface area contributed by atoms with Crippen molar-refractivity contribution in [2.24, 2.45) is 0 Å². The van der Waals surface area contributed by atoms with Crippen molar-refractivity contribution in [3.63, 3.8) is 0 Å². The molecule has 0 N–H and O–H groups in total. The van der Waals surface area contributed by atoms with E-state index in [0.717, 1.165) is 12.8 Å². The van der Waals surface area contributed by atoms with Crippen molar-refractivity contribution in [3.8, 4) is 11.5 Å². The van der Waals surface area contributed by atoms with Crippen LogP contribution in [0.3, 0.4) is 0 Å². The molecular formula is C14H17ClO5S. The second-order valence-corrected chi connectivity index (χ2v) is 7.81. The van der Waals surface area contributed by atoms with Crippen LogP contribution < -0.4 is 9.47 Å². The van der Waals surface area contributed by atoms with E-state index in [1.165, 1.54) is 0 Å². The summed E-state index contributed by atoms with van der Waals surface area (Å²) >= 11 is 6.12. The predicted octanol–water partition coefficient (Wildman–Crippen LogP) is 2.21. The highest BCUT2D eigenvalue weighted by Gasteiger charge is 2.25. The Balaban J connectivity index is 1.76. The minimum atomic E-state index is -3.24. The summed E-state index contributed by atoms with van der Waals surface area (Å²) in [4.78, 5) is 0. The molecule has 2 aliphatic heterocycles. The molecule has 0 aromatic heterocycles. The van der Waals surface area contributed by atoms with E-state index in [1.54, 1.807) is 12.1 Å². The van der Waals surface area contributed by atoms with Crippen molar-refractivity contribution in [2.75, 3.05) is 25.6 Å². The molecule has 1 aromatic rings. The monoisotopic (exact) mass is 332 g/mol. The maximum Gasteiger partial charge on any atom is 0.179 e. The van der Waals surface area contributed by atoms with Gasteiger partial charge < -0.3 is 14.2 Å². The predicted molar refractivity (Wildman–Crippen MR) is 78.9 cm³/mol. The first-order chi connectivity index (χ1) is 10.0. The van der Waals surface area contributed by atoms with Crippen LogP contribution in [0.25, 0.3) is 0 Å². The zero-order valence-corrected chi connectivity index (χ0v) is 13.1. The van der Waals surface area contributed by atoms with Gasteiger partial charge in [-0.3, -0.25) is 0 Å². The van der Waals surface area contributed by atoms with E-state index in [4.69, 9.17) is 25.8 Å². The second-order valence-electron chi connectivity index (χ2n) is 5.29. The van der Waals surface area contributed by atoms with Crippen LogP contribution in [0, 0.1) is 0 Å². The Kier molecular flexibility index (Phi) is 4.28. The van der Waals surface area contributed by atoms with Crippen molar-refractivity contribution in [1.29, 1.82) is 0 Å². The Bertz CT molecular complexity index is 622. The third kappa shape index (κ3) is 3.62. The second kappa shape index (κ2) is 6.02. The molecule has 2 aliphatic rings. The molecule has 0 radical (unpaired) electrons. The largest absolute Gasteiger partial charge is 0.486 e. The molecule has 0 bridgehead atoms. The van der Waals surface area contributed by atoms with Gasteiger partial charge in [0.15, 0.2) is 21.3 Å². The fourth-order valence-electron chi connectivity index (χ4n) is 2.62. The van der Waals surface area contributed by atoms with E-state index in [0.29, 0.717) is 41.9 Å². The Morgan fingerprint density at radius 3 is 2.76 bits per heavy atom. The number of hydrogen-bond donors (Lipinski definition) is 0. The van der Waals surface area contributed by atoms with Crippen LogP contribution in [0.2, 0.25) is 5.02 Å². The maximum atomic E-state index is 12.2. The van der Waals surface area contributed by atoms with Gasteiger partial charge in [-0.25, -0.2) is 8.42 Å². The molecule has 1 fully saturated rings. The molecular weight excluding hydrogens is 316 g/mol. The zero-order valence-electron chi connectivity index (χ0n) is 11.5. The van der Waals surface area contributed by atoms with Crippen LogP contribution in [0.4, 0.5) is 0 Å². The molecule has 1 saturated heterocycles. The molecule has 21 heavy (non-hydrogen) atoms. The summed E-state index contributed by atoms with van der Waals surface area (Å²) < 4.78 is 40.8. The smallest absolute Gasteiger partial charge is 0.179 e. The van der Waals surface area contributed by atoms with Gasteiger partial charge in [-0.2, -0.15) is 0 Å². The molecule has 1 aromatic carbocycles. The Hall–Kier alpha value is -0.980. The lowest BCUT2D eigenvalue weighted by Crippen LogP contribution is -2.21. The molecule has 0 amide bonds. The molecule has 1 atom stereocenters. The first-order valence-electron chi connectivity index (χ1n) is 6.93. The van der Waals surface area contributed by atoms with Gasteiger partial charge in [0.1, 0.15) is 13.2 Å². The van der Waals surface area contributed by atoms with Crippen LogP contribution in [-0.2, 0) is 20.3 Å². The average Bonchev–Trinajstić information content (AvgIpc) is 2.90. The van der Waals surface area contributed by atoms with Crippen LogP contribution in [0.15, 0.2) is 12.1 Å². The molecule has 0 aliphatic carbocycles. The SMILES string of the molecule is O=S(=O)(Cc1cc(Cl)c2c(c1)OCCO2)CC1CCCO1. The Morgan fingerprint density at radius 2 is 2.00 bits per heavy atom. The topological polar surface area (TPSA) is 61.8 Å². The summed E-state index contributed by atoms with van der Waals surface area (Å²) in [5, 5.41) is 0.384. The van der Waals surface area contributed by atoms with Crippen molar-refractivity contribution >= 4 is 21.4 Å². The summed E-state index contributed by atoms with van der Waals surface area (Å²) in [6, 6.07) is 3.32. The molecule has 0 spiro atoms. The van der Waals surface area contributed by atoms with E-state index in [9.17, 15) is 8.42 Å². The van der Waals surface area contributed by atoms with Crippen LogP contribution >= 0.6 is 11.6 Å². The maximum absolute atomic E-state index is 12.2. The summed E-state index contributed by atoms with van der Waals surface area (Å²) in [5.41, 5.74) is 0.613. The highest BCUT2D eigenvalue weighted by Crippen LogP contribution is 2.38. The quantitative estimate of drug-likeness (QED) is 0.846. The van der Waals surface area contributed by atoms with Crippen LogP contribution in [0.1, 0.15) is 18.4 Å². The minimum absolute atomic E-state index is 0.0546. The summed E-state index contributed by atoms with van der Waals surface area (Å²) in [6.45, 7) is 1.54. The normalized spacial score (nSPS) is 21.5. The van der Waals surface area contributed by atoms with Gasteiger partial charge in [-0.15, -0.1) is 0 Å². The van der Waals surface area contributed by atoms with Gasteiger partial charge in [0.2, 0.25) is 0 Å². The van der Waals surface area contributed by atoms with Gasteiger partial charge in [0.25, 0.3) is 0 Å². The van der Waals surface area contributed by atoms with Gasteiger partial charge in [-0.1, -0.05) is 11.6 Å². The number of rotatable bonds is 4. The number of benzene rings is 1. The van der Waals surface area contributed by atoms with E-state index >= 15 is 0 Å². The van der Waals surface area contributed by atoms with Crippen molar-refractivity contribution in [3.05, 3.63) is 22.7 Å². The number of hydrogen-bond acceptors (Lipinski definition) is 5. The molecule has 0 saturated carbocycles. The van der Waals surface area contributed by atoms with E-state index in [1.807, 2.05) is 0 Å². The lowest BCUT2D eigenvalue weighted by Gasteiger charge is -2.20. The first-order valence-corrected chi connectivity index (χ1v) is 9.13. The molecule has 3 rings (SSSR count). The van der Waals surface area contributed by atoms with Crippen molar-refractivity contribution in [2.45, 2.75) is 24.7 Å². The lowest BCUT2D eigenvalue weighted by atomic mass is 10.2. The van der Waals surface area contributed by atoms with Gasteiger partial charge in [-0.05, 0) is 30.5 Å². The van der Waals surface area contributed by atoms with E-state index in [2.05, 4.69) is 0 Å². The third-order valence-corrected chi connectivity index (χ3v) is 5.44. The highest BCUT2D eigenvalue weighted by molar-refractivity contribution is 7.90. The third-order valence-electron chi connectivity index (χ3n) is 3.51. The van der Waals surface area contributed by atoms with Gasteiger partial charge >= 0.3 is 0 Å². The standard InChI is InChI=1S/C14H17ClO5S/c15-12-6-10(7-13-14(12)20-5-4-19-13)8-21(16,17)9-11-2-1-3-18-11/h6-7,11H,1-5,8-9H2. The minimum Gasteiger partial charge on any atom is -0.486 e. The van der Waals surface area contributed by atoms with Crippen molar-refractivity contribution < 1.29 is 22.6 Å². The number of sulfone groups is 1. The summed E-state index contributed by atoms with van der Waals surface area (Å²) in [5.74, 6) is 0.988. The fraction of sp³-hybridized carbons (Fsp3) is 0.571. The Morgan fingerprint density at radius 1 is 1.19 bits per heavy atom. The van der Waals surface area contributed by atoms with Gasteiger partial charge in [0, 0.05) is 6.61 Å². The molecule has 1 unspecified atom stereocenters. The summed E-state index contributed by atoms with van der Waals surface area (Å²) in [6.07, 6.45) is 1.56. The lowest BCUT2D eigenvalue weighted by molar-refractivity contribution is 0.127. The molecule has 7 heteroatoms. The summed E-state index contributed by atoms with van der Waals surface area (Å²) in [7, 11) is -3.24. The molecule has 5 nitrogen and oxygen atoms in total. The van der Waals surface area contributed by atoms with Gasteiger partial charge in [0.05, 0.1) is 22.6 Å². The van der Waals surface area contributed by atoms with Crippen molar-refractivity contribution in [1.82, 2.24) is 0 Å². The number of halogens is 1. The van der Waals surface area contributed by atoms with Crippen LogP contribution in [-0.4, -0.2) is 40.1 Å². The Labute approximate surface area is 129 Å².